The van der Waals surface area contributed by atoms with Crippen molar-refractivity contribution in [3.8, 4) is 0 Å². The summed E-state index contributed by atoms with van der Waals surface area (Å²) < 4.78 is 3.45. The third-order valence-corrected chi connectivity index (χ3v) is 2.92. The molecule has 0 saturated heterocycles. The Bertz CT molecular complexity index is 365. The lowest BCUT2D eigenvalue weighted by Crippen LogP contribution is -1.80. The summed E-state index contributed by atoms with van der Waals surface area (Å²) in [5.74, 6) is 0. The molecule has 2 rings (SSSR count). The van der Waals surface area contributed by atoms with Crippen molar-refractivity contribution in [2.45, 2.75) is 0 Å². The number of aromatic nitrogens is 3. The molecule has 0 aliphatic rings. The average Bonchev–Trinajstić information content (AvgIpc) is 2.35. The van der Waals surface area contributed by atoms with E-state index < -0.39 is 0 Å². The van der Waals surface area contributed by atoms with Crippen molar-refractivity contribution in [3.63, 3.8) is 0 Å². The summed E-state index contributed by atoms with van der Waals surface area (Å²) in [6.07, 6.45) is 1.73. The minimum absolute atomic E-state index is 0.844. The van der Waals surface area contributed by atoms with E-state index in [1.165, 1.54) is 11.3 Å². The van der Waals surface area contributed by atoms with Gasteiger partial charge in [-0.25, -0.2) is 4.98 Å². The van der Waals surface area contributed by atoms with Gasteiger partial charge in [-0.1, -0.05) is 11.3 Å². The molecule has 0 unspecified atom stereocenters. The summed E-state index contributed by atoms with van der Waals surface area (Å²) in [6, 6.07) is 0. The Morgan fingerprint density at radius 1 is 1.50 bits per heavy atom. The molecule has 2 aromatic heterocycles. The molecule has 0 amide bonds. The van der Waals surface area contributed by atoms with Crippen LogP contribution in [0.4, 0.5) is 0 Å². The Morgan fingerprint density at radius 2 is 2.30 bits per heavy atom. The van der Waals surface area contributed by atoms with Gasteiger partial charge in [-0.15, -0.1) is 5.10 Å². The highest BCUT2D eigenvalue weighted by atomic mass is 79.9. The van der Waals surface area contributed by atoms with Gasteiger partial charge in [0.25, 0.3) is 0 Å². The SMILES string of the molecule is Brc1nn2c(Br)cnc2s1. The lowest BCUT2D eigenvalue weighted by molar-refractivity contribution is 0.937. The van der Waals surface area contributed by atoms with Crippen molar-refractivity contribution in [3.05, 3.63) is 14.7 Å². The van der Waals surface area contributed by atoms with E-state index in [2.05, 4.69) is 41.9 Å². The fourth-order valence-corrected chi connectivity index (χ4v) is 2.31. The van der Waals surface area contributed by atoms with Gasteiger partial charge in [0.05, 0.1) is 6.20 Å². The molecule has 52 valence electrons. The van der Waals surface area contributed by atoms with Crippen LogP contribution < -0.4 is 0 Å². The minimum atomic E-state index is 0.844. The molecule has 0 bridgehead atoms. The number of halogens is 2. The van der Waals surface area contributed by atoms with Crippen LogP contribution in [0.3, 0.4) is 0 Å². The number of nitrogens with zero attached hydrogens (tertiary/aromatic N) is 3. The number of rotatable bonds is 0. The van der Waals surface area contributed by atoms with Crippen LogP contribution in [-0.4, -0.2) is 14.6 Å². The van der Waals surface area contributed by atoms with E-state index in [1.807, 2.05) is 0 Å². The van der Waals surface area contributed by atoms with Crippen LogP contribution >= 0.6 is 43.2 Å². The highest BCUT2D eigenvalue weighted by molar-refractivity contribution is 9.11. The first-order chi connectivity index (χ1) is 4.77. The van der Waals surface area contributed by atoms with Gasteiger partial charge in [0.15, 0.2) is 3.92 Å². The van der Waals surface area contributed by atoms with Crippen molar-refractivity contribution in [2.75, 3.05) is 0 Å². The molecule has 2 heterocycles. The third-order valence-electron chi connectivity index (χ3n) is 1.02. The predicted molar refractivity (Wildman–Crippen MR) is 46.3 cm³/mol. The van der Waals surface area contributed by atoms with E-state index in [0.717, 1.165) is 13.5 Å². The molecule has 0 spiro atoms. The van der Waals surface area contributed by atoms with Crippen LogP contribution in [0.15, 0.2) is 14.7 Å². The molecule has 0 fully saturated rings. The predicted octanol–water partition coefficient (Wildman–Crippen LogP) is 2.32. The van der Waals surface area contributed by atoms with Gasteiger partial charge in [-0.2, -0.15) is 4.52 Å². The van der Waals surface area contributed by atoms with E-state index in [0.29, 0.717) is 0 Å². The van der Waals surface area contributed by atoms with E-state index in [4.69, 9.17) is 0 Å². The van der Waals surface area contributed by atoms with Crippen molar-refractivity contribution >= 4 is 48.2 Å². The van der Waals surface area contributed by atoms with Crippen molar-refractivity contribution in [2.24, 2.45) is 0 Å². The first-order valence-corrected chi connectivity index (χ1v) is 4.83. The fourth-order valence-electron chi connectivity index (χ4n) is 0.644. The molecule has 0 N–H and O–H groups in total. The Kier molecular flexibility index (Phi) is 1.54. The van der Waals surface area contributed by atoms with Gasteiger partial charge in [0.1, 0.15) is 4.60 Å². The maximum Gasteiger partial charge on any atom is 0.213 e. The molecular weight excluding hydrogens is 282 g/mol. The molecule has 10 heavy (non-hydrogen) atoms. The molecule has 0 atom stereocenters. The van der Waals surface area contributed by atoms with Gasteiger partial charge >= 0.3 is 0 Å². The molecule has 0 aliphatic heterocycles. The number of hydrogen-bond acceptors (Lipinski definition) is 3. The zero-order chi connectivity index (χ0) is 7.14. The van der Waals surface area contributed by atoms with E-state index >= 15 is 0 Å². The molecule has 0 aliphatic carbocycles. The molecule has 0 aromatic carbocycles. The number of hydrogen-bond donors (Lipinski definition) is 0. The molecule has 0 saturated carbocycles. The second-order valence-corrected chi connectivity index (χ2v) is 4.67. The summed E-state index contributed by atoms with van der Waals surface area (Å²) in [4.78, 5) is 4.97. The standard InChI is InChI=1S/C4HBr2N3S/c5-2-1-7-4-9(2)8-3(6)10-4/h1H. The van der Waals surface area contributed by atoms with Gasteiger partial charge in [0.2, 0.25) is 4.96 Å². The maximum atomic E-state index is 4.12. The minimum Gasteiger partial charge on any atom is -0.225 e. The molecular formula is C4HBr2N3S. The van der Waals surface area contributed by atoms with Gasteiger partial charge < -0.3 is 0 Å². The summed E-state index contributed by atoms with van der Waals surface area (Å²) in [6.45, 7) is 0. The second kappa shape index (κ2) is 2.28. The molecule has 6 heteroatoms. The van der Waals surface area contributed by atoms with Gasteiger partial charge in [-0.3, -0.25) is 0 Å². The van der Waals surface area contributed by atoms with Crippen LogP contribution in [-0.2, 0) is 0 Å². The van der Waals surface area contributed by atoms with Crippen LogP contribution in [0, 0.1) is 0 Å². The van der Waals surface area contributed by atoms with E-state index in [-0.39, 0.29) is 0 Å². The number of imidazole rings is 1. The Balaban J connectivity index is 2.90. The van der Waals surface area contributed by atoms with E-state index in [9.17, 15) is 0 Å². The zero-order valence-corrected chi connectivity index (χ0v) is 8.57. The van der Waals surface area contributed by atoms with Crippen LogP contribution in [0.1, 0.15) is 0 Å². The normalized spacial score (nSPS) is 11.0. The lowest BCUT2D eigenvalue weighted by atomic mass is 11.0. The Hall–Kier alpha value is 0.0600. The summed E-state index contributed by atoms with van der Waals surface area (Å²) in [5.41, 5.74) is 0. The average molecular weight is 283 g/mol. The zero-order valence-electron chi connectivity index (χ0n) is 4.58. The largest absolute Gasteiger partial charge is 0.225 e. The lowest BCUT2D eigenvalue weighted by Gasteiger charge is -1.78. The first-order valence-electron chi connectivity index (χ1n) is 2.43. The Labute approximate surface area is 77.3 Å². The molecule has 0 radical (unpaired) electrons. The maximum absolute atomic E-state index is 4.12. The number of fused-ring (bicyclic) bond motifs is 1. The summed E-state index contributed by atoms with van der Waals surface area (Å²) in [5, 5.41) is 4.12. The molecule has 3 nitrogen and oxygen atoms in total. The highest BCUT2D eigenvalue weighted by Crippen LogP contribution is 2.21. The fraction of sp³-hybridized carbons (Fsp3) is 0. The van der Waals surface area contributed by atoms with Crippen LogP contribution in [0.5, 0.6) is 0 Å². The smallest absolute Gasteiger partial charge is 0.213 e. The van der Waals surface area contributed by atoms with Gasteiger partial charge in [-0.05, 0) is 31.9 Å². The van der Waals surface area contributed by atoms with E-state index in [1.54, 1.807) is 10.7 Å². The van der Waals surface area contributed by atoms with Crippen LogP contribution in [0.25, 0.3) is 4.96 Å². The monoisotopic (exact) mass is 281 g/mol. The second-order valence-electron chi connectivity index (χ2n) is 1.63. The van der Waals surface area contributed by atoms with Crippen molar-refractivity contribution in [1.29, 1.82) is 0 Å². The molecule has 2 aromatic rings. The van der Waals surface area contributed by atoms with Crippen molar-refractivity contribution < 1.29 is 0 Å². The topological polar surface area (TPSA) is 30.2 Å². The summed E-state index contributed by atoms with van der Waals surface area (Å²) >= 11 is 8.07. The van der Waals surface area contributed by atoms with Gasteiger partial charge in [0, 0.05) is 0 Å². The summed E-state index contributed by atoms with van der Waals surface area (Å²) in [7, 11) is 0. The first kappa shape index (κ1) is 6.75. The van der Waals surface area contributed by atoms with Crippen molar-refractivity contribution in [1.82, 2.24) is 14.6 Å². The quantitative estimate of drug-likeness (QED) is 0.742. The van der Waals surface area contributed by atoms with Crippen LogP contribution in [0.2, 0.25) is 0 Å². The third kappa shape index (κ3) is 0.906. The Morgan fingerprint density at radius 3 is 3.00 bits per heavy atom. The highest BCUT2D eigenvalue weighted by Gasteiger charge is 2.04.